The molecule has 0 saturated carbocycles. The van der Waals surface area contributed by atoms with Crippen molar-refractivity contribution in [2.45, 2.75) is 13.5 Å². The molecule has 0 atom stereocenters. The first-order valence-electron chi connectivity index (χ1n) is 4.10. The van der Waals surface area contributed by atoms with E-state index in [0.717, 1.165) is 20.9 Å². The topological polar surface area (TPSA) is 36.0 Å². The van der Waals surface area contributed by atoms with E-state index in [4.69, 9.17) is 5.11 Å². The number of aromatic nitrogens is 1. The molecule has 1 aromatic heterocycles. The number of fused-ring (bicyclic) bond motifs is 1. The van der Waals surface area contributed by atoms with Gasteiger partial charge in [-0.1, -0.05) is 22.0 Å². The Hall–Kier alpha value is -0.800. The Labute approximate surface area is 84.7 Å². The summed E-state index contributed by atoms with van der Waals surface area (Å²) in [7, 11) is 0. The average Bonchev–Trinajstić information content (AvgIpc) is 2.50. The van der Waals surface area contributed by atoms with E-state index in [0.29, 0.717) is 0 Å². The fraction of sp³-hybridized carbons (Fsp3) is 0.200. The number of hydrogen-bond donors (Lipinski definition) is 2. The Kier molecular flexibility index (Phi) is 2.14. The second kappa shape index (κ2) is 3.16. The van der Waals surface area contributed by atoms with E-state index in [1.54, 1.807) is 0 Å². The van der Waals surface area contributed by atoms with Crippen LogP contribution in [0, 0.1) is 6.92 Å². The van der Waals surface area contributed by atoms with Crippen molar-refractivity contribution in [1.29, 1.82) is 0 Å². The van der Waals surface area contributed by atoms with Crippen molar-refractivity contribution in [3.8, 4) is 0 Å². The maximum Gasteiger partial charge on any atom is 0.0702 e. The summed E-state index contributed by atoms with van der Waals surface area (Å²) in [5.74, 6) is 0. The Morgan fingerprint density at radius 1 is 1.46 bits per heavy atom. The third-order valence-corrected chi connectivity index (χ3v) is 2.90. The summed E-state index contributed by atoms with van der Waals surface area (Å²) in [6.45, 7) is 2.12. The van der Waals surface area contributed by atoms with Crippen molar-refractivity contribution in [1.82, 2.24) is 4.98 Å². The molecule has 0 aliphatic heterocycles. The number of nitrogens with one attached hydrogen (secondary N) is 1. The van der Waals surface area contributed by atoms with E-state index in [9.17, 15) is 0 Å². The number of aliphatic hydroxyl groups excluding tert-OH is 1. The van der Waals surface area contributed by atoms with Crippen LogP contribution in [-0.2, 0) is 6.61 Å². The molecular weight excluding hydrogens is 230 g/mol. The van der Waals surface area contributed by atoms with E-state index in [1.807, 2.05) is 25.3 Å². The Morgan fingerprint density at radius 2 is 2.23 bits per heavy atom. The number of aromatic amines is 1. The molecule has 1 heterocycles. The molecule has 1 aromatic carbocycles. The van der Waals surface area contributed by atoms with E-state index < -0.39 is 0 Å². The molecule has 2 N–H and O–H groups in total. The summed E-state index contributed by atoms with van der Waals surface area (Å²) >= 11 is 3.49. The van der Waals surface area contributed by atoms with Gasteiger partial charge in [-0.25, -0.2) is 0 Å². The summed E-state index contributed by atoms with van der Waals surface area (Å²) < 4.78 is 1.07. The van der Waals surface area contributed by atoms with Crippen LogP contribution in [-0.4, -0.2) is 10.1 Å². The Morgan fingerprint density at radius 3 is 2.92 bits per heavy atom. The molecule has 0 aliphatic rings. The Bertz CT molecular complexity index is 447. The van der Waals surface area contributed by atoms with Crippen LogP contribution in [0.5, 0.6) is 0 Å². The van der Waals surface area contributed by atoms with Gasteiger partial charge in [-0.3, -0.25) is 0 Å². The number of aryl methyl sites for hydroxylation is 1. The summed E-state index contributed by atoms with van der Waals surface area (Å²) in [6.07, 6.45) is 1.95. The van der Waals surface area contributed by atoms with Crippen LogP contribution in [0.3, 0.4) is 0 Å². The number of halogens is 1. The number of H-pyrrole nitrogens is 1. The van der Waals surface area contributed by atoms with Crippen molar-refractivity contribution in [2.24, 2.45) is 0 Å². The third-order valence-electron chi connectivity index (χ3n) is 2.24. The number of benzene rings is 1. The maximum absolute atomic E-state index is 9.10. The normalized spacial score (nSPS) is 11.0. The highest BCUT2D eigenvalue weighted by atomic mass is 79.9. The number of aliphatic hydroxyl groups is 1. The first-order valence-corrected chi connectivity index (χ1v) is 4.89. The predicted molar refractivity (Wildman–Crippen MR) is 56.7 cm³/mol. The molecule has 0 bridgehead atoms. The van der Waals surface area contributed by atoms with Crippen molar-refractivity contribution >= 4 is 26.8 Å². The summed E-state index contributed by atoms with van der Waals surface area (Å²) in [5.41, 5.74) is 3.15. The van der Waals surface area contributed by atoms with E-state index in [-0.39, 0.29) is 6.61 Å². The van der Waals surface area contributed by atoms with Gasteiger partial charge < -0.3 is 10.1 Å². The standard InChI is InChI=1S/C10H10BrNO/c1-6-4-12-10-7(5-13)2-3-8(11)9(6)10/h2-4,12-13H,5H2,1H3. The van der Waals surface area contributed by atoms with Crippen LogP contribution in [0.1, 0.15) is 11.1 Å². The predicted octanol–water partition coefficient (Wildman–Crippen LogP) is 2.73. The first-order chi connectivity index (χ1) is 6.24. The summed E-state index contributed by atoms with van der Waals surface area (Å²) in [5, 5.41) is 10.3. The van der Waals surface area contributed by atoms with Crippen molar-refractivity contribution in [2.75, 3.05) is 0 Å². The molecule has 0 spiro atoms. The average molecular weight is 240 g/mol. The minimum atomic E-state index is 0.0731. The number of hydrogen-bond acceptors (Lipinski definition) is 1. The molecule has 0 fully saturated rings. The van der Waals surface area contributed by atoms with Crippen molar-refractivity contribution in [3.63, 3.8) is 0 Å². The smallest absolute Gasteiger partial charge is 0.0702 e. The number of rotatable bonds is 1. The van der Waals surface area contributed by atoms with Gasteiger partial charge in [0.05, 0.1) is 12.1 Å². The zero-order valence-electron chi connectivity index (χ0n) is 7.26. The molecule has 0 unspecified atom stereocenters. The fourth-order valence-corrected chi connectivity index (χ4v) is 2.20. The van der Waals surface area contributed by atoms with E-state index >= 15 is 0 Å². The lowest BCUT2D eigenvalue weighted by Gasteiger charge is -2.01. The van der Waals surface area contributed by atoms with Crippen LogP contribution in [0.2, 0.25) is 0 Å². The van der Waals surface area contributed by atoms with Gasteiger partial charge in [0.25, 0.3) is 0 Å². The quantitative estimate of drug-likeness (QED) is 0.789. The molecule has 2 rings (SSSR count). The van der Waals surface area contributed by atoms with Gasteiger partial charge in [-0.2, -0.15) is 0 Å². The molecule has 0 aliphatic carbocycles. The van der Waals surface area contributed by atoms with Gasteiger partial charge in [0.1, 0.15) is 0 Å². The van der Waals surface area contributed by atoms with Crippen LogP contribution in [0.15, 0.2) is 22.8 Å². The van der Waals surface area contributed by atoms with Gasteiger partial charge >= 0.3 is 0 Å². The highest BCUT2D eigenvalue weighted by molar-refractivity contribution is 9.10. The molecule has 68 valence electrons. The molecule has 3 heteroatoms. The lowest BCUT2D eigenvalue weighted by atomic mass is 10.1. The van der Waals surface area contributed by atoms with Gasteiger partial charge in [-0.05, 0) is 18.6 Å². The van der Waals surface area contributed by atoms with Crippen LogP contribution in [0.4, 0.5) is 0 Å². The van der Waals surface area contributed by atoms with Crippen molar-refractivity contribution in [3.05, 3.63) is 33.9 Å². The zero-order valence-corrected chi connectivity index (χ0v) is 8.85. The summed E-state index contributed by atoms with van der Waals surface area (Å²) in [6, 6.07) is 3.89. The van der Waals surface area contributed by atoms with Crippen LogP contribution >= 0.6 is 15.9 Å². The molecule has 13 heavy (non-hydrogen) atoms. The third kappa shape index (κ3) is 1.28. The maximum atomic E-state index is 9.10. The second-order valence-corrected chi connectivity index (χ2v) is 3.94. The van der Waals surface area contributed by atoms with Crippen LogP contribution < -0.4 is 0 Å². The lowest BCUT2D eigenvalue weighted by molar-refractivity contribution is 0.283. The summed E-state index contributed by atoms with van der Waals surface area (Å²) in [4.78, 5) is 3.16. The molecule has 2 aromatic rings. The van der Waals surface area contributed by atoms with Crippen LogP contribution in [0.25, 0.3) is 10.9 Å². The van der Waals surface area contributed by atoms with Crippen molar-refractivity contribution < 1.29 is 5.11 Å². The van der Waals surface area contributed by atoms with Gasteiger partial charge in [-0.15, -0.1) is 0 Å². The van der Waals surface area contributed by atoms with Gasteiger partial charge in [0.15, 0.2) is 0 Å². The fourth-order valence-electron chi connectivity index (χ4n) is 1.56. The minimum Gasteiger partial charge on any atom is -0.392 e. The second-order valence-electron chi connectivity index (χ2n) is 3.09. The van der Waals surface area contributed by atoms with Gasteiger partial charge in [0, 0.05) is 21.6 Å². The molecule has 2 nitrogen and oxygen atoms in total. The lowest BCUT2D eigenvalue weighted by Crippen LogP contribution is -1.85. The van der Waals surface area contributed by atoms with Gasteiger partial charge in [0.2, 0.25) is 0 Å². The van der Waals surface area contributed by atoms with E-state index in [2.05, 4.69) is 20.9 Å². The minimum absolute atomic E-state index is 0.0731. The highest BCUT2D eigenvalue weighted by Crippen LogP contribution is 2.28. The zero-order chi connectivity index (χ0) is 9.42. The molecular formula is C10H10BrNO. The largest absolute Gasteiger partial charge is 0.392 e. The monoisotopic (exact) mass is 239 g/mol. The highest BCUT2D eigenvalue weighted by Gasteiger charge is 2.07. The van der Waals surface area contributed by atoms with E-state index in [1.165, 1.54) is 5.56 Å². The molecule has 0 radical (unpaired) electrons. The SMILES string of the molecule is Cc1c[nH]c2c(CO)ccc(Br)c12. The first kappa shape index (κ1) is 8.78. The molecule has 0 saturated heterocycles. The molecule has 0 amide bonds. The Balaban J connectivity index is 2.87.